The summed E-state index contributed by atoms with van der Waals surface area (Å²) in [5.74, 6) is -1.57. The van der Waals surface area contributed by atoms with Gasteiger partial charge in [-0.3, -0.25) is 9.59 Å². The van der Waals surface area contributed by atoms with Crippen molar-refractivity contribution in [3.63, 3.8) is 0 Å². The highest BCUT2D eigenvalue weighted by Gasteiger charge is 2.06. The number of amides is 1. The molecule has 0 aliphatic heterocycles. The molecule has 0 radical (unpaired) electrons. The van der Waals surface area contributed by atoms with Gasteiger partial charge < -0.3 is 20.1 Å². The fourth-order valence-corrected chi connectivity index (χ4v) is 0.945. The fraction of sp³-hybridized carbons (Fsp3) is 0.778. The lowest BCUT2D eigenvalue weighted by atomic mass is 10.4. The number of carbonyl (C=O) groups excluding carboxylic acids is 1. The third-order valence-electron chi connectivity index (χ3n) is 1.80. The van der Waals surface area contributed by atoms with E-state index in [-0.39, 0.29) is 0 Å². The first-order valence-electron chi connectivity index (χ1n) is 4.72. The number of nitrogens with one attached hydrogen (secondary N) is 1. The molecule has 0 saturated carbocycles. The molecule has 0 saturated heterocycles. The van der Waals surface area contributed by atoms with Gasteiger partial charge in [0, 0.05) is 26.7 Å². The van der Waals surface area contributed by atoms with Gasteiger partial charge in [0.2, 0.25) is 5.91 Å². The highest BCUT2D eigenvalue weighted by Crippen LogP contribution is 1.83. The minimum absolute atomic E-state index is 0.451. The van der Waals surface area contributed by atoms with Gasteiger partial charge in [0.15, 0.2) is 0 Å². The molecule has 0 rings (SSSR count). The molecule has 6 nitrogen and oxygen atoms in total. The van der Waals surface area contributed by atoms with Crippen LogP contribution in [0, 0.1) is 0 Å². The van der Waals surface area contributed by atoms with Crippen LogP contribution < -0.4 is 5.32 Å². The maximum absolute atomic E-state index is 10.9. The van der Waals surface area contributed by atoms with Crippen LogP contribution in [-0.4, -0.2) is 62.3 Å². The highest BCUT2D eigenvalue weighted by atomic mass is 16.5. The molecule has 0 aromatic heterocycles. The number of nitrogens with zero attached hydrogens (tertiary/aromatic N) is 1. The summed E-state index contributed by atoms with van der Waals surface area (Å²) in [6.07, 6.45) is -0.470. The van der Waals surface area contributed by atoms with Crippen molar-refractivity contribution in [2.75, 3.05) is 40.4 Å². The maximum atomic E-state index is 10.9. The van der Waals surface area contributed by atoms with Gasteiger partial charge in [-0.2, -0.15) is 0 Å². The number of carbonyl (C=O) groups is 2. The first-order chi connectivity index (χ1) is 7.06. The van der Waals surface area contributed by atoms with Crippen molar-refractivity contribution in [3.05, 3.63) is 0 Å². The van der Waals surface area contributed by atoms with E-state index in [2.05, 4.69) is 5.32 Å². The van der Waals surface area contributed by atoms with Crippen molar-refractivity contribution in [2.24, 2.45) is 0 Å². The van der Waals surface area contributed by atoms with E-state index in [1.807, 2.05) is 11.9 Å². The van der Waals surface area contributed by atoms with Gasteiger partial charge in [0.05, 0.1) is 6.61 Å². The maximum Gasteiger partial charge on any atom is 0.312 e. The van der Waals surface area contributed by atoms with Crippen LogP contribution in [0.5, 0.6) is 0 Å². The zero-order chi connectivity index (χ0) is 11.7. The Balaban J connectivity index is 3.43. The molecule has 6 heteroatoms. The first-order valence-corrected chi connectivity index (χ1v) is 4.72. The standard InChI is InChI=1S/C9H18N2O4/c1-11(5-6-15-2)4-3-10-8(12)7-9(13)14/h3-7H2,1-2H3,(H,10,12)(H,13,14). The Labute approximate surface area is 89.2 Å². The van der Waals surface area contributed by atoms with E-state index >= 15 is 0 Å². The third-order valence-corrected chi connectivity index (χ3v) is 1.80. The van der Waals surface area contributed by atoms with Crippen LogP contribution in [0.25, 0.3) is 0 Å². The topological polar surface area (TPSA) is 78.9 Å². The van der Waals surface area contributed by atoms with Crippen molar-refractivity contribution in [3.8, 4) is 0 Å². The molecular formula is C9H18N2O4. The molecule has 88 valence electrons. The molecule has 1 amide bonds. The molecule has 0 fully saturated rings. The van der Waals surface area contributed by atoms with Crippen molar-refractivity contribution in [2.45, 2.75) is 6.42 Å². The second-order valence-corrected chi connectivity index (χ2v) is 3.22. The van der Waals surface area contributed by atoms with Gasteiger partial charge in [-0.25, -0.2) is 0 Å². The van der Waals surface area contributed by atoms with Crippen LogP contribution in [0.2, 0.25) is 0 Å². The Morgan fingerprint density at radius 2 is 2.07 bits per heavy atom. The van der Waals surface area contributed by atoms with Gasteiger partial charge in [-0.1, -0.05) is 0 Å². The second kappa shape index (κ2) is 8.19. The van der Waals surface area contributed by atoms with E-state index in [0.717, 1.165) is 6.54 Å². The van der Waals surface area contributed by atoms with Gasteiger partial charge in [-0.05, 0) is 7.05 Å². The summed E-state index contributed by atoms with van der Waals surface area (Å²) in [5.41, 5.74) is 0. The van der Waals surface area contributed by atoms with Crippen molar-refractivity contribution in [1.82, 2.24) is 10.2 Å². The van der Waals surface area contributed by atoms with E-state index in [1.54, 1.807) is 7.11 Å². The monoisotopic (exact) mass is 218 g/mol. The number of ether oxygens (including phenoxy) is 1. The molecular weight excluding hydrogens is 200 g/mol. The van der Waals surface area contributed by atoms with Crippen molar-refractivity contribution >= 4 is 11.9 Å². The van der Waals surface area contributed by atoms with E-state index in [4.69, 9.17) is 9.84 Å². The summed E-state index contributed by atoms with van der Waals surface area (Å²) >= 11 is 0. The van der Waals surface area contributed by atoms with Crippen molar-refractivity contribution < 1.29 is 19.4 Å². The Morgan fingerprint density at radius 3 is 2.60 bits per heavy atom. The van der Waals surface area contributed by atoms with Crippen LogP contribution >= 0.6 is 0 Å². The molecule has 0 aromatic carbocycles. The third kappa shape index (κ3) is 9.17. The van der Waals surface area contributed by atoms with Gasteiger partial charge >= 0.3 is 5.97 Å². The predicted molar refractivity (Wildman–Crippen MR) is 54.6 cm³/mol. The lowest BCUT2D eigenvalue weighted by Gasteiger charge is -2.15. The number of rotatable bonds is 8. The fourth-order valence-electron chi connectivity index (χ4n) is 0.945. The predicted octanol–water partition coefficient (Wildman–Crippen LogP) is -0.844. The average molecular weight is 218 g/mol. The van der Waals surface area contributed by atoms with Crippen molar-refractivity contribution in [1.29, 1.82) is 0 Å². The summed E-state index contributed by atoms with van der Waals surface area (Å²) in [7, 11) is 3.53. The molecule has 2 N–H and O–H groups in total. The lowest BCUT2D eigenvalue weighted by Crippen LogP contribution is -2.35. The first kappa shape index (κ1) is 13.9. The zero-order valence-corrected chi connectivity index (χ0v) is 9.15. The summed E-state index contributed by atoms with van der Waals surface area (Å²) in [6.45, 7) is 2.55. The molecule has 0 aliphatic carbocycles. The number of likely N-dealkylation sites (N-methyl/N-ethyl adjacent to an activating group) is 1. The normalized spacial score (nSPS) is 10.3. The number of carboxylic acids is 1. The smallest absolute Gasteiger partial charge is 0.312 e. The molecule has 0 spiro atoms. The van der Waals surface area contributed by atoms with Gasteiger partial charge in [0.25, 0.3) is 0 Å². The number of methoxy groups -OCH3 is 1. The summed E-state index contributed by atoms with van der Waals surface area (Å²) in [4.78, 5) is 23.1. The number of aliphatic carboxylic acids is 1. The highest BCUT2D eigenvalue weighted by molar-refractivity contribution is 5.93. The van der Waals surface area contributed by atoms with E-state index in [0.29, 0.717) is 19.7 Å². The van der Waals surface area contributed by atoms with E-state index in [9.17, 15) is 9.59 Å². The second-order valence-electron chi connectivity index (χ2n) is 3.22. The molecule has 0 bridgehead atoms. The number of hydrogen-bond donors (Lipinski definition) is 2. The Morgan fingerprint density at radius 1 is 1.40 bits per heavy atom. The summed E-state index contributed by atoms with van der Waals surface area (Å²) < 4.78 is 4.89. The molecule has 0 heterocycles. The molecule has 15 heavy (non-hydrogen) atoms. The Hall–Kier alpha value is -1.14. The lowest BCUT2D eigenvalue weighted by molar-refractivity contribution is -0.140. The molecule has 0 aliphatic rings. The van der Waals surface area contributed by atoms with Crippen LogP contribution in [0.1, 0.15) is 6.42 Å². The van der Waals surface area contributed by atoms with Crippen LogP contribution in [0.4, 0.5) is 0 Å². The summed E-state index contributed by atoms with van der Waals surface area (Å²) in [6, 6.07) is 0. The van der Waals surface area contributed by atoms with Gasteiger partial charge in [-0.15, -0.1) is 0 Å². The Bertz CT molecular complexity index is 208. The molecule has 0 aromatic rings. The van der Waals surface area contributed by atoms with Crippen LogP contribution in [0.3, 0.4) is 0 Å². The molecule has 0 unspecified atom stereocenters. The largest absolute Gasteiger partial charge is 0.481 e. The van der Waals surface area contributed by atoms with Crippen LogP contribution in [-0.2, 0) is 14.3 Å². The zero-order valence-electron chi connectivity index (χ0n) is 9.15. The Kier molecular flexibility index (Phi) is 7.57. The van der Waals surface area contributed by atoms with E-state index in [1.165, 1.54) is 0 Å². The van der Waals surface area contributed by atoms with Gasteiger partial charge in [0.1, 0.15) is 6.42 Å². The molecule has 0 atom stereocenters. The van der Waals surface area contributed by atoms with Crippen LogP contribution in [0.15, 0.2) is 0 Å². The number of carboxylic acid groups (broad SMARTS) is 1. The number of hydrogen-bond acceptors (Lipinski definition) is 4. The summed E-state index contributed by atoms with van der Waals surface area (Å²) in [5, 5.41) is 10.8. The SMILES string of the molecule is COCCN(C)CCNC(=O)CC(=O)O. The quantitative estimate of drug-likeness (QED) is 0.519. The average Bonchev–Trinajstić information content (AvgIpc) is 2.13. The van der Waals surface area contributed by atoms with E-state index < -0.39 is 18.3 Å². The minimum Gasteiger partial charge on any atom is -0.481 e. The minimum atomic E-state index is -1.11.